The maximum Gasteiger partial charge on any atom is 0.433 e. The van der Waals surface area contributed by atoms with E-state index >= 15 is 0 Å². The summed E-state index contributed by atoms with van der Waals surface area (Å²) in [6.07, 6.45) is -6.24. The van der Waals surface area contributed by atoms with E-state index in [1.807, 2.05) is 5.43 Å². The Morgan fingerprint density at radius 2 is 2.11 bits per heavy atom. The third-order valence-electron chi connectivity index (χ3n) is 1.95. The van der Waals surface area contributed by atoms with Crippen LogP contribution in [0, 0.1) is 0 Å². The number of hydrogen-bond acceptors (Lipinski definition) is 7. The van der Waals surface area contributed by atoms with E-state index in [9.17, 15) is 18.0 Å². The lowest BCUT2D eigenvalue weighted by Crippen LogP contribution is -2.34. The van der Waals surface area contributed by atoms with Gasteiger partial charge in [0.05, 0.1) is 6.54 Å². The van der Waals surface area contributed by atoms with Crippen LogP contribution in [-0.2, 0) is 11.0 Å². The normalized spacial score (nSPS) is 12.9. The molecule has 8 nitrogen and oxygen atoms in total. The summed E-state index contributed by atoms with van der Waals surface area (Å²) >= 11 is 0. The molecule has 0 saturated carbocycles. The van der Waals surface area contributed by atoms with Crippen LogP contribution in [0.4, 0.5) is 24.9 Å². The molecule has 0 aliphatic rings. The lowest BCUT2D eigenvalue weighted by atomic mass is 10.3. The lowest BCUT2D eigenvalue weighted by Gasteiger charge is -2.12. The topological polar surface area (TPSA) is 139 Å². The van der Waals surface area contributed by atoms with E-state index in [4.69, 9.17) is 16.7 Å². The van der Waals surface area contributed by atoms with Gasteiger partial charge >= 0.3 is 6.18 Å². The zero-order valence-corrected chi connectivity index (χ0v) is 9.40. The molecular weight excluding hydrogens is 269 g/mol. The second-order valence-corrected chi connectivity index (χ2v) is 3.40. The zero-order chi connectivity index (χ0) is 14.6. The second kappa shape index (κ2) is 5.67. The minimum absolute atomic E-state index is 0.268. The van der Waals surface area contributed by atoms with Gasteiger partial charge in [-0.3, -0.25) is 10.2 Å². The van der Waals surface area contributed by atoms with Crippen molar-refractivity contribution in [2.75, 3.05) is 17.3 Å². The van der Waals surface area contributed by atoms with Crippen LogP contribution in [0.5, 0.6) is 0 Å². The molecule has 1 aromatic heterocycles. The Morgan fingerprint density at radius 3 is 2.58 bits per heavy atom. The fourth-order valence-electron chi connectivity index (χ4n) is 1.05. The van der Waals surface area contributed by atoms with E-state index in [1.165, 1.54) is 0 Å². The van der Waals surface area contributed by atoms with E-state index in [-0.39, 0.29) is 5.82 Å². The number of carbonyl (C=O) groups excluding carboxylic acids is 1. The van der Waals surface area contributed by atoms with Crippen LogP contribution in [0.25, 0.3) is 0 Å². The molecule has 0 aliphatic carbocycles. The van der Waals surface area contributed by atoms with E-state index in [0.717, 1.165) is 0 Å². The van der Waals surface area contributed by atoms with E-state index in [1.54, 1.807) is 0 Å². The number of carbonyl (C=O) groups is 1. The van der Waals surface area contributed by atoms with Crippen LogP contribution >= 0.6 is 0 Å². The number of hydrogen-bond donors (Lipinski definition) is 5. The van der Waals surface area contributed by atoms with Gasteiger partial charge in [0, 0.05) is 6.07 Å². The summed E-state index contributed by atoms with van der Waals surface area (Å²) in [5.41, 5.74) is 5.43. The van der Waals surface area contributed by atoms with Crippen molar-refractivity contribution >= 4 is 17.7 Å². The fourth-order valence-corrected chi connectivity index (χ4v) is 1.05. The van der Waals surface area contributed by atoms with Gasteiger partial charge in [0.1, 0.15) is 11.9 Å². The fraction of sp³-hybridized carbons (Fsp3) is 0.375. The highest BCUT2D eigenvalue weighted by molar-refractivity contribution is 5.79. The molecule has 106 valence electrons. The number of rotatable bonds is 5. The molecule has 0 saturated heterocycles. The van der Waals surface area contributed by atoms with E-state index < -0.39 is 36.4 Å². The van der Waals surface area contributed by atoms with Gasteiger partial charge in [-0.15, -0.1) is 0 Å². The standard InChI is InChI=1S/C8H11F3N6O2/c9-8(10,11)4-1-5(16-7(15-4)17-13)14-2-3(18)6(12)19/h1,3,18H,2,13H2,(H2,12,19)(H2,14,15,16,17). The van der Waals surface area contributed by atoms with Crippen LogP contribution in [0.1, 0.15) is 5.69 Å². The van der Waals surface area contributed by atoms with Gasteiger partial charge in [-0.25, -0.2) is 10.8 Å². The number of aliphatic hydroxyl groups excluding tert-OH is 1. The predicted octanol–water partition coefficient (Wildman–Crippen LogP) is -0.961. The first-order chi connectivity index (χ1) is 8.74. The molecule has 1 amide bonds. The maximum atomic E-state index is 12.5. The maximum absolute atomic E-state index is 12.5. The summed E-state index contributed by atoms with van der Waals surface area (Å²) in [6, 6.07) is 0.606. The summed E-state index contributed by atoms with van der Waals surface area (Å²) < 4.78 is 37.5. The minimum atomic E-state index is -4.69. The van der Waals surface area contributed by atoms with Crippen LogP contribution in [0.2, 0.25) is 0 Å². The summed E-state index contributed by atoms with van der Waals surface area (Å²) in [6.45, 7) is -0.395. The highest BCUT2D eigenvalue weighted by atomic mass is 19.4. The first-order valence-corrected chi connectivity index (χ1v) is 4.88. The Bertz CT molecular complexity index is 466. The summed E-state index contributed by atoms with van der Waals surface area (Å²) in [7, 11) is 0. The number of nitrogens with zero attached hydrogens (tertiary/aromatic N) is 2. The quantitative estimate of drug-likeness (QED) is 0.345. The molecule has 0 aromatic carbocycles. The average Bonchev–Trinajstić information content (AvgIpc) is 2.34. The molecule has 1 rings (SSSR count). The van der Waals surface area contributed by atoms with Gasteiger partial charge in [0.25, 0.3) is 0 Å². The monoisotopic (exact) mass is 280 g/mol. The van der Waals surface area contributed by atoms with Crippen molar-refractivity contribution in [1.82, 2.24) is 9.97 Å². The van der Waals surface area contributed by atoms with Gasteiger partial charge in [-0.1, -0.05) is 0 Å². The average molecular weight is 280 g/mol. The largest absolute Gasteiger partial charge is 0.433 e. The third-order valence-corrected chi connectivity index (χ3v) is 1.95. The molecule has 1 heterocycles. The predicted molar refractivity (Wildman–Crippen MR) is 58.5 cm³/mol. The number of hydrazine groups is 1. The van der Waals surface area contributed by atoms with Crippen molar-refractivity contribution in [3.05, 3.63) is 11.8 Å². The van der Waals surface area contributed by atoms with Crippen molar-refractivity contribution in [2.45, 2.75) is 12.3 Å². The minimum Gasteiger partial charge on any atom is -0.381 e. The highest BCUT2D eigenvalue weighted by Crippen LogP contribution is 2.29. The molecule has 0 radical (unpaired) electrons. The van der Waals surface area contributed by atoms with Crippen molar-refractivity contribution < 1.29 is 23.1 Å². The number of nitrogens with two attached hydrogens (primary N) is 2. The number of amides is 1. The number of primary amides is 1. The zero-order valence-electron chi connectivity index (χ0n) is 9.40. The van der Waals surface area contributed by atoms with Gasteiger partial charge in [-0.05, 0) is 0 Å². The van der Waals surface area contributed by atoms with Gasteiger partial charge in [0.2, 0.25) is 11.9 Å². The second-order valence-electron chi connectivity index (χ2n) is 3.40. The Labute approximate surface area is 105 Å². The van der Waals surface area contributed by atoms with Crippen LogP contribution in [-0.4, -0.2) is 33.6 Å². The Morgan fingerprint density at radius 1 is 1.47 bits per heavy atom. The third kappa shape index (κ3) is 4.22. The van der Waals surface area contributed by atoms with Gasteiger partial charge in [-0.2, -0.15) is 18.2 Å². The number of halogens is 3. The van der Waals surface area contributed by atoms with Crippen LogP contribution in [0.15, 0.2) is 6.07 Å². The van der Waals surface area contributed by atoms with Gasteiger partial charge < -0.3 is 16.2 Å². The number of nitrogen functional groups attached to an aromatic ring is 1. The Kier molecular flexibility index (Phi) is 4.45. The van der Waals surface area contributed by atoms with Crippen LogP contribution in [0.3, 0.4) is 0 Å². The Hall–Kier alpha value is -2.14. The molecule has 7 N–H and O–H groups in total. The van der Waals surface area contributed by atoms with Gasteiger partial charge in [0.15, 0.2) is 5.69 Å². The van der Waals surface area contributed by atoms with E-state index in [0.29, 0.717) is 6.07 Å². The number of anilines is 2. The van der Waals surface area contributed by atoms with E-state index in [2.05, 4.69) is 15.3 Å². The number of aliphatic hydroxyl groups is 1. The molecule has 19 heavy (non-hydrogen) atoms. The summed E-state index contributed by atoms with van der Waals surface area (Å²) in [4.78, 5) is 17.3. The lowest BCUT2D eigenvalue weighted by molar-refractivity contribution is -0.141. The van der Waals surface area contributed by atoms with Crippen molar-refractivity contribution in [3.63, 3.8) is 0 Å². The first kappa shape index (κ1) is 14.9. The van der Waals surface area contributed by atoms with Crippen molar-refractivity contribution in [3.8, 4) is 0 Å². The molecular formula is C8H11F3N6O2. The molecule has 0 spiro atoms. The molecule has 1 unspecified atom stereocenters. The van der Waals surface area contributed by atoms with Crippen molar-refractivity contribution in [1.29, 1.82) is 0 Å². The van der Waals surface area contributed by atoms with Crippen molar-refractivity contribution in [2.24, 2.45) is 11.6 Å². The number of nitrogens with one attached hydrogen (secondary N) is 2. The molecule has 0 bridgehead atoms. The molecule has 0 fully saturated rings. The molecule has 11 heteroatoms. The number of aromatic nitrogens is 2. The molecule has 0 aliphatic heterocycles. The van der Waals surface area contributed by atoms with Crippen LogP contribution < -0.4 is 22.3 Å². The molecule has 1 atom stereocenters. The summed E-state index contributed by atoms with van der Waals surface area (Å²) in [5.74, 6) is 3.19. The number of alkyl halides is 3. The highest BCUT2D eigenvalue weighted by Gasteiger charge is 2.33. The first-order valence-electron chi connectivity index (χ1n) is 4.88. The SMILES string of the molecule is NNc1nc(NCC(O)C(N)=O)cc(C(F)(F)F)n1. The Balaban J connectivity index is 2.92. The molecule has 1 aromatic rings. The smallest absolute Gasteiger partial charge is 0.381 e. The summed E-state index contributed by atoms with van der Waals surface area (Å²) in [5, 5.41) is 11.4.